The molecule has 13 rings (SSSR count). The van der Waals surface area contributed by atoms with Crippen LogP contribution in [-0.2, 0) is 59.0 Å². The molecule has 5 heterocycles. The highest BCUT2D eigenvalue weighted by Crippen LogP contribution is 2.71. The lowest BCUT2D eigenvalue weighted by Crippen LogP contribution is -2.59. The summed E-state index contributed by atoms with van der Waals surface area (Å²) < 4.78 is 34.2. The zero-order chi connectivity index (χ0) is 47.5. The van der Waals surface area contributed by atoms with Crippen molar-refractivity contribution in [1.29, 1.82) is 0 Å². The summed E-state index contributed by atoms with van der Waals surface area (Å²) in [5.74, 6) is 3.54. The van der Waals surface area contributed by atoms with Crippen LogP contribution in [0.5, 0.6) is 0 Å². The van der Waals surface area contributed by atoms with Crippen LogP contribution < -0.4 is 0 Å². The van der Waals surface area contributed by atoms with Crippen molar-refractivity contribution in [1.82, 2.24) is 9.97 Å². The Morgan fingerprint density at radius 2 is 1.18 bits per heavy atom. The normalized spacial score (nSPS) is 52.8. The maximum Gasteiger partial charge on any atom is 0.311 e. The average Bonchev–Trinajstić information content (AvgIpc) is 3.94. The number of aromatic nitrogens is 2. The van der Waals surface area contributed by atoms with E-state index >= 15 is 0 Å². The average molecular weight is 931 g/mol. The highest BCUT2D eigenvalue weighted by molar-refractivity contribution is 5.91. The van der Waals surface area contributed by atoms with Crippen molar-refractivity contribution in [3.05, 3.63) is 46.1 Å². The van der Waals surface area contributed by atoms with Crippen molar-refractivity contribution >= 4 is 11.8 Å². The van der Waals surface area contributed by atoms with Gasteiger partial charge >= 0.3 is 5.97 Å². The second-order valence-electron chi connectivity index (χ2n) is 27.8. The number of hydrogen-bond donors (Lipinski definition) is 0. The number of carbonyl (C=O) groups excluding carboxylic acids is 2. The molecule has 1 aromatic rings. The molecule has 9 nitrogen and oxygen atoms in total. The molecule has 8 aliphatic carbocycles. The number of esters is 1. The molecule has 0 unspecified atom stereocenters. The molecule has 2 spiro atoms. The van der Waals surface area contributed by atoms with Gasteiger partial charge in [0.2, 0.25) is 0 Å². The minimum absolute atomic E-state index is 0.00410. The molecule has 370 valence electrons. The van der Waals surface area contributed by atoms with Gasteiger partial charge in [-0.05, 0) is 156 Å². The largest absolute Gasteiger partial charge is 0.461 e. The van der Waals surface area contributed by atoms with Crippen LogP contribution in [0.15, 0.2) is 23.3 Å². The first-order chi connectivity index (χ1) is 32.1. The van der Waals surface area contributed by atoms with E-state index in [1.165, 1.54) is 40.3 Å². The number of allylic oxidation sites excluding steroid dienone is 1. The van der Waals surface area contributed by atoms with Gasteiger partial charge in [-0.15, -0.1) is 0 Å². The third-order valence-electron chi connectivity index (χ3n) is 23.5. The van der Waals surface area contributed by atoms with Gasteiger partial charge in [0.15, 0.2) is 11.6 Å². The Balaban J connectivity index is 0.784. The summed E-state index contributed by atoms with van der Waals surface area (Å²) in [5.41, 5.74) is 6.37. The second kappa shape index (κ2) is 14.6. The number of fused-ring (bicyclic) bond motifs is 16. The zero-order valence-electron chi connectivity index (χ0n) is 43.4. The number of ether oxygens (including phenoxy) is 5. The molecule has 21 atom stereocenters. The molecule has 0 bridgehead atoms. The van der Waals surface area contributed by atoms with Crippen LogP contribution in [0.4, 0.5) is 0 Å². The highest BCUT2D eigenvalue weighted by Gasteiger charge is 2.72. The van der Waals surface area contributed by atoms with Crippen molar-refractivity contribution in [3.8, 4) is 0 Å². The van der Waals surface area contributed by atoms with Gasteiger partial charge in [0.25, 0.3) is 0 Å². The van der Waals surface area contributed by atoms with Crippen LogP contribution in [0.2, 0.25) is 0 Å². The van der Waals surface area contributed by atoms with Gasteiger partial charge in [0.1, 0.15) is 11.9 Å². The van der Waals surface area contributed by atoms with E-state index in [0.717, 1.165) is 90.3 Å². The van der Waals surface area contributed by atoms with Gasteiger partial charge in [-0.1, -0.05) is 71.8 Å². The Hall–Kier alpha value is -2.46. The summed E-state index contributed by atoms with van der Waals surface area (Å²) >= 11 is 0. The lowest BCUT2D eigenvalue weighted by molar-refractivity contribution is -0.265. The van der Waals surface area contributed by atoms with Crippen molar-refractivity contribution in [2.75, 3.05) is 13.2 Å². The zero-order valence-corrected chi connectivity index (χ0v) is 43.4. The number of Topliss-reactive ketones (excluding diaryl/α,β-unsaturated/α-hetero) is 1. The number of carbonyl (C=O) groups is 2. The number of nitrogens with zero attached hydrogens (tertiary/aromatic N) is 2. The molecule has 4 aliphatic heterocycles. The van der Waals surface area contributed by atoms with Crippen LogP contribution in [0, 0.1) is 98.1 Å². The highest BCUT2D eigenvalue weighted by atomic mass is 16.7. The van der Waals surface area contributed by atoms with Gasteiger partial charge in [-0.25, -0.2) is 0 Å². The van der Waals surface area contributed by atoms with Gasteiger partial charge in [-0.2, -0.15) is 0 Å². The van der Waals surface area contributed by atoms with Crippen molar-refractivity contribution in [2.45, 2.75) is 196 Å². The van der Waals surface area contributed by atoms with E-state index in [0.29, 0.717) is 59.5 Å². The maximum absolute atomic E-state index is 14.9. The Morgan fingerprint density at radius 3 is 1.72 bits per heavy atom. The lowest BCUT2D eigenvalue weighted by Gasteiger charge is -2.61. The molecule has 0 aromatic carbocycles. The van der Waals surface area contributed by atoms with Crippen LogP contribution in [0.25, 0.3) is 0 Å². The first kappa shape index (κ1) is 45.4. The third-order valence-corrected chi connectivity index (χ3v) is 23.5. The molecule has 9 heteroatoms. The fourth-order valence-electron chi connectivity index (χ4n) is 19.3. The van der Waals surface area contributed by atoms with Crippen LogP contribution >= 0.6 is 0 Å². The summed E-state index contributed by atoms with van der Waals surface area (Å²) in [7, 11) is 0. The molecule has 0 radical (unpaired) electrons. The minimum atomic E-state index is -0.593. The molecule has 4 saturated carbocycles. The topological polar surface area (TPSA) is 106 Å². The van der Waals surface area contributed by atoms with Crippen molar-refractivity contribution in [2.24, 2.45) is 98.1 Å². The summed E-state index contributed by atoms with van der Waals surface area (Å²) in [6.45, 7) is 26.5. The molecular formula is C59H82N2O7. The second-order valence-corrected chi connectivity index (χ2v) is 27.8. The quantitative estimate of drug-likeness (QED) is 0.201. The van der Waals surface area contributed by atoms with E-state index in [1.54, 1.807) is 0 Å². The Morgan fingerprint density at radius 1 is 0.662 bits per heavy atom. The molecule has 1 aromatic heterocycles. The summed E-state index contributed by atoms with van der Waals surface area (Å²) in [6, 6.07) is 0. The molecule has 4 saturated heterocycles. The fourth-order valence-corrected chi connectivity index (χ4v) is 19.3. The van der Waals surface area contributed by atoms with E-state index in [9.17, 15) is 9.59 Å². The molecule has 68 heavy (non-hydrogen) atoms. The SMILES string of the molecule is C[C@H]1CC[C@@]2(OC1)O[C@H]1C=C3[C@@H]4CC[C@H]5Cc6nc7c(nc6C[C@]5(C)[C@H]4CC(=O)[C@]3(C)[C@H]1[C@@H]2C)C[C@@H]1CC[C@H]2C3=C[C@@H]4O[C@]5(CC[C@H](C)CO5)[C@@H](C)[C@@H]4[C@@]3(C)[C@@H](OC(=O)C(C)(C)C)C[C@@H]2[C@@]1(C)C7. The summed E-state index contributed by atoms with van der Waals surface area (Å²) in [4.78, 5) is 40.4. The van der Waals surface area contributed by atoms with Gasteiger partial charge in [0, 0.05) is 48.3 Å². The number of ketones is 1. The third kappa shape index (κ3) is 5.88. The monoisotopic (exact) mass is 931 g/mol. The van der Waals surface area contributed by atoms with Crippen molar-refractivity contribution < 1.29 is 33.3 Å². The smallest absolute Gasteiger partial charge is 0.311 e. The van der Waals surface area contributed by atoms with Crippen LogP contribution in [-0.4, -0.2) is 64.8 Å². The Kier molecular flexibility index (Phi) is 9.76. The van der Waals surface area contributed by atoms with Crippen molar-refractivity contribution in [3.63, 3.8) is 0 Å². The summed E-state index contributed by atoms with van der Waals surface area (Å²) in [6.07, 6.45) is 18.6. The van der Waals surface area contributed by atoms with E-state index in [4.69, 9.17) is 33.7 Å². The van der Waals surface area contributed by atoms with E-state index in [1.807, 2.05) is 20.8 Å². The van der Waals surface area contributed by atoms with Gasteiger partial charge in [0.05, 0.1) is 59.0 Å². The lowest BCUT2D eigenvalue weighted by atomic mass is 9.45. The molecule has 8 fully saturated rings. The maximum atomic E-state index is 14.9. The van der Waals surface area contributed by atoms with Crippen LogP contribution in [0.3, 0.4) is 0 Å². The molecular weight excluding hydrogens is 849 g/mol. The van der Waals surface area contributed by atoms with Crippen LogP contribution in [0.1, 0.15) is 163 Å². The molecule has 12 aliphatic rings. The fraction of sp³-hybridized carbons (Fsp3) is 0.831. The van der Waals surface area contributed by atoms with E-state index in [2.05, 4.69) is 67.5 Å². The Bertz CT molecular complexity index is 2380. The first-order valence-electron chi connectivity index (χ1n) is 27.8. The Labute approximate surface area is 406 Å². The molecule has 0 N–H and O–H groups in total. The first-order valence-corrected chi connectivity index (χ1v) is 27.8. The van der Waals surface area contributed by atoms with E-state index in [-0.39, 0.29) is 64.2 Å². The minimum Gasteiger partial charge on any atom is -0.461 e. The van der Waals surface area contributed by atoms with Gasteiger partial charge < -0.3 is 23.7 Å². The predicted octanol–water partition coefficient (Wildman–Crippen LogP) is 10.8. The number of hydrogen-bond acceptors (Lipinski definition) is 9. The van der Waals surface area contributed by atoms with Gasteiger partial charge in [-0.3, -0.25) is 19.6 Å². The van der Waals surface area contributed by atoms with E-state index < -0.39 is 22.4 Å². The number of rotatable bonds is 1. The summed E-state index contributed by atoms with van der Waals surface area (Å²) in [5, 5.41) is 0. The molecule has 0 amide bonds. The standard InChI is InChI=1S/C59H82N2O7/c1-30-16-18-58(64-28-30)32(3)50-46(67-58)22-40-36-14-12-34-20-42-44(26-54(34,8)38(36)24-48(62)56(40,50)10)60-43-21-35-13-15-37-39(55(35,9)27-45(43)61-42)25-49(66-52(63)53(5,6)7)57(11)41(37)23-47-51(57)33(4)59(68-47)19-17-31(2)29-65-59/h22-23,30-39,46-47,49-51H,12-21,24-29H2,1-11H3/t30-,31-,32-,33-,34-,35-,36+,37+,38-,39-,46-,47-,49-,50-,51-,54-,55-,56+,57+,58+,59+/m0/s1. The predicted molar refractivity (Wildman–Crippen MR) is 258 cm³/mol.